The van der Waals surface area contributed by atoms with Gasteiger partial charge in [-0.2, -0.15) is 8.42 Å². The van der Waals surface area contributed by atoms with Gasteiger partial charge in [-0.3, -0.25) is 18.0 Å². The van der Waals surface area contributed by atoms with Crippen molar-refractivity contribution in [2.45, 2.75) is 54.8 Å². The van der Waals surface area contributed by atoms with E-state index < -0.39 is 57.8 Å². The van der Waals surface area contributed by atoms with Gasteiger partial charge in [0.15, 0.2) is 10.4 Å². The molecule has 0 aliphatic rings. The second kappa shape index (κ2) is 18.2. The van der Waals surface area contributed by atoms with E-state index in [-0.39, 0.29) is 35.4 Å². The van der Waals surface area contributed by atoms with Crippen molar-refractivity contribution >= 4 is 60.6 Å². The van der Waals surface area contributed by atoms with Crippen LogP contribution in [0.5, 0.6) is 11.5 Å². The Balaban J connectivity index is 1.11. The number of nitrogens with zero attached hydrogens (tertiary/aromatic N) is 4. The summed E-state index contributed by atoms with van der Waals surface area (Å²) in [5.74, 6) is -1.03. The third-order valence-electron chi connectivity index (χ3n) is 7.43. The van der Waals surface area contributed by atoms with Crippen molar-refractivity contribution in [1.82, 2.24) is 25.3 Å². The Labute approximate surface area is 315 Å². The minimum Gasteiger partial charge on any atom is -0.767 e. The number of esters is 2. The van der Waals surface area contributed by atoms with Gasteiger partial charge in [-0.05, 0) is 55.0 Å². The molecule has 54 heavy (non-hydrogen) atoms. The van der Waals surface area contributed by atoms with E-state index in [1.54, 1.807) is 54.6 Å². The number of thiazole rings is 1. The number of aromatic nitrogens is 4. The number of fused-ring (bicyclic) bond motifs is 1. The highest BCUT2D eigenvalue weighted by Crippen LogP contribution is 2.28. The van der Waals surface area contributed by atoms with Crippen molar-refractivity contribution in [2.75, 3.05) is 20.3 Å². The van der Waals surface area contributed by atoms with Gasteiger partial charge >= 0.3 is 11.9 Å². The molecule has 3 atom stereocenters. The standard InChI is InChI=1S/C34H35N5O12S3/c1-21-4-11-28(12-5-21)54(45,46)50-20-27(51-22(2)40)19-49-25-8-6-23(7-9-25)14-30(33(42)47-3)35-32(41)17-39-16-24(37-38-39)18-48-26-10-13-29-31(15-26)52-34(36-29)53(43)44/h4-13,15-16,27,30H,14,17-20H2,1-3H3,(H,35,41)(H,43,44)/p-1/t27?,30-/m0/s1. The predicted octanol–water partition coefficient (Wildman–Crippen LogP) is 2.63. The molecule has 0 spiro atoms. The summed E-state index contributed by atoms with van der Waals surface area (Å²) in [4.78, 5) is 41.1. The Bertz CT molecular complexity index is 2220. The van der Waals surface area contributed by atoms with E-state index in [9.17, 15) is 31.6 Å². The van der Waals surface area contributed by atoms with Gasteiger partial charge in [0, 0.05) is 24.4 Å². The van der Waals surface area contributed by atoms with Crippen LogP contribution in [-0.2, 0) is 68.8 Å². The lowest BCUT2D eigenvalue weighted by Crippen LogP contribution is -2.44. The number of amides is 1. The number of rotatable bonds is 18. The zero-order valence-corrected chi connectivity index (χ0v) is 31.5. The summed E-state index contributed by atoms with van der Waals surface area (Å²) in [5.41, 5.74) is 2.47. The Hall–Kier alpha value is -5.28. The Morgan fingerprint density at radius 2 is 1.72 bits per heavy atom. The number of hydrogen-bond donors (Lipinski definition) is 1. The molecule has 20 heteroatoms. The van der Waals surface area contributed by atoms with Gasteiger partial charge < -0.3 is 28.8 Å². The van der Waals surface area contributed by atoms with Crippen molar-refractivity contribution in [3.63, 3.8) is 0 Å². The number of nitrogens with one attached hydrogen (secondary N) is 1. The third-order valence-corrected chi connectivity index (χ3v) is 10.6. The molecule has 1 N–H and O–H groups in total. The molecule has 0 aliphatic heterocycles. The zero-order valence-electron chi connectivity index (χ0n) is 29.0. The molecule has 5 aromatic rings. The van der Waals surface area contributed by atoms with Crippen LogP contribution in [0.25, 0.3) is 10.2 Å². The Morgan fingerprint density at radius 1 is 1.00 bits per heavy atom. The van der Waals surface area contributed by atoms with Crippen LogP contribution in [0.15, 0.2) is 82.2 Å². The molecular weight excluding hydrogens is 767 g/mol. The summed E-state index contributed by atoms with van der Waals surface area (Å²) < 4.78 is 76.1. The fraction of sp³-hybridized carbons (Fsp3) is 0.294. The van der Waals surface area contributed by atoms with Gasteiger partial charge in [0.05, 0.1) is 28.4 Å². The molecule has 0 saturated heterocycles. The minimum absolute atomic E-state index is 0.0187. The second-order valence-corrected chi connectivity index (χ2v) is 15.4. The van der Waals surface area contributed by atoms with Crippen molar-refractivity contribution in [3.05, 3.63) is 89.7 Å². The smallest absolute Gasteiger partial charge is 0.328 e. The molecular formula is C34H34N5O12S3-. The molecule has 0 radical (unpaired) electrons. The van der Waals surface area contributed by atoms with Crippen molar-refractivity contribution < 1.29 is 54.7 Å². The summed E-state index contributed by atoms with van der Waals surface area (Å²) in [6, 6.07) is 16.5. The average Bonchev–Trinajstić information content (AvgIpc) is 3.78. The maximum absolute atomic E-state index is 12.9. The highest BCUT2D eigenvalue weighted by Gasteiger charge is 2.24. The summed E-state index contributed by atoms with van der Waals surface area (Å²) in [5, 5.41) is 10.6. The largest absolute Gasteiger partial charge is 0.767 e. The SMILES string of the molecule is COC(=O)[C@H](Cc1ccc(OCC(COS(=O)(=O)c2ccc(C)cc2)OC(C)=O)cc1)NC(=O)Cn1cc(COc2ccc3nc(S(=O)[O-])sc3c2)nn1. The summed E-state index contributed by atoms with van der Waals surface area (Å²) in [6.45, 7) is 2.08. The molecule has 5 rings (SSSR count). The van der Waals surface area contributed by atoms with Crippen LogP contribution >= 0.6 is 11.3 Å². The van der Waals surface area contributed by atoms with Crippen molar-refractivity contribution in [2.24, 2.45) is 0 Å². The first-order chi connectivity index (χ1) is 25.8. The number of carbonyl (C=O) groups is 3. The highest BCUT2D eigenvalue weighted by atomic mass is 32.2. The summed E-state index contributed by atoms with van der Waals surface area (Å²) in [6.07, 6.45) is 0.548. The third kappa shape index (κ3) is 11.4. The average molecular weight is 801 g/mol. The lowest BCUT2D eigenvalue weighted by atomic mass is 10.1. The van der Waals surface area contributed by atoms with Gasteiger partial charge in [-0.15, -0.1) is 16.4 Å². The quantitative estimate of drug-likeness (QED) is 0.0763. The molecule has 0 fully saturated rings. The zero-order chi connectivity index (χ0) is 38.8. The monoisotopic (exact) mass is 800 g/mol. The van der Waals surface area contributed by atoms with Gasteiger partial charge in [-0.1, -0.05) is 35.0 Å². The van der Waals surface area contributed by atoms with E-state index in [4.69, 9.17) is 23.1 Å². The van der Waals surface area contributed by atoms with Crippen LogP contribution in [0.3, 0.4) is 0 Å². The van der Waals surface area contributed by atoms with E-state index in [0.717, 1.165) is 16.9 Å². The molecule has 2 aromatic heterocycles. The van der Waals surface area contributed by atoms with E-state index in [2.05, 4.69) is 20.6 Å². The predicted molar refractivity (Wildman–Crippen MR) is 191 cm³/mol. The van der Waals surface area contributed by atoms with Gasteiger partial charge in [-0.25, -0.2) is 14.5 Å². The normalized spacial score (nSPS) is 13.1. The number of aryl methyl sites for hydroxylation is 1. The van der Waals surface area contributed by atoms with E-state index in [1.165, 1.54) is 37.0 Å². The topological polar surface area (TPSA) is 227 Å². The van der Waals surface area contributed by atoms with Crippen LogP contribution in [0.1, 0.15) is 23.7 Å². The first-order valence-electron chi connectivity index (χ1n) is 16.0. The Kier molecular flexibility index (Phi) is 13.4. The minimum atomic E-state index is -4.10. The second-order valence-electron chi connectivity index (χ2n) is 11.6. The number of hydrogen-bond acceptors (Lipinski definition) is 16. The van der Waals surface area contributed by atoms with Gasteiger partial charge in [0.2, 0.25) is 5.91 Å². The molecule has 17 nitrogen and oxygen atoms in total. The molecule has 0 saturated carbocycles. The number of carbonyl (C=O) groups excluding carboxylic acids is 3. The van der Waals surface area contributed by atoms with Crippen LogP contribution in [0.2, 0.25) is 0 Å². The van der Waals surface area contributed by atoms with Gasteiger partial charge in [0.25, 0.3) is 10.1 Å². The first-order valence-corrected chi connectivity index (χ1v) is 19.3. The molecule has 2 unspecified atom stereocenters. The number of benzene rings is 3. The molecule has 1 amide bonds. The van der Waals surface area contributed by atoms with Gasteiger partial charge in [0.1, 0.15) is 49.6 Å². The number of ether oxygens (including phenoxy) is 4. The Morgan fingerprint density at radius 3 is 2.41 bits per heavy atom. The van der Waals surface area contributed by atoms with Crippen molar-refractivity contribution in [3.8, 4) is 11.5 Å². The lowest BCUT2D eigenvalue weighted by molar-refractivity contribution is -0.149. The summed E-state index contributed by atoms with van der Waals surface area (Å²) >= 11 is -1.41. The van der Waals surface area contributed by atoms with Crippen LogP contribution in [0.4, 0.5) is 0 Å². The fourth-order valence-corrected chi connectivity index (χ4v) is 7.22. The number of methoxy groups -OCH3 is 1. The maximum atomic E-state index is 12.9. The lowest BCUT2D eigenvalue weighted by Gasteiger charge is -2.18. The molecule has 286 valence electrons. The van der Waals surface area contributed by atoms with E-state index in [0.29, 0.717) is 33.0 Å². The van der Waals surface area contributed by atoms with Crippen molar-refractivity contribution in [1.29, 1.82) is 0 Å². The van der Waals surface area contributed by atoms with Crippen LogP contribution in [0, 0.1) is 6.92 Å². The van der Waals surface area contributed by atoms with Crippen LogP contribution in [-0.4, -0.2) is 87.5 Å². The maximum Gasteiger partial charge on any atom is 0.328 e. The van der Waals surface area contributed by atoms with E-state index in [1.807, 2.05) is 6.92 Å². The fourth-order valence-electron chi connectivity index (χ4n) is 4.84. The highest BCUT2D eigenvalue weighted by molar-refractivity contribution is 7.86. The van der Waals surface area contributed by atoms with Crippen LogP contribution < -0.4 is 14.8 Å². The molecule has 3 aromatic carbocycles. The van der Waals surface area contributed by atoms with E-state index >= 15 is 0 Å². The molecule has 2 heterocycles. The molecule has 0 bridgehead atoms. The summed E-state index contributed by atoms with van der Waals surface area (Å²) in [7, 11) is -2.90. The molecule has 0 aliphatic carbocycles. The first kappa shape index (κ1) is 39.9.